The van der Waals surface area contributed by atoms with Gasteiger partial charge in [0.1, 0.15) is 11.6 Å². The Labute approximate surface area is 183 Å². The maximum atomic E-state index is 14.6. The van der Waals surface area contributed by atoms with Crippen molar-refractivity contribution in [1.29, 1.82) is 0 Å². The number of halogens is 2. The van der Waals surface area contributed by atoms with E-state index in [1.54, 1.807) is 7.05 Å². The first-order chi connectivity index (χ1) is 15.8. The molecule has 0 saturated carbocycles. The Morgan fingerprint density at radius 2 is 1.94 bits per heavy atom. The summed E-state index contributed by atoms with van der Waals surface area (Å²) in [5.74, 6) is -2.83. The Balaban J connectivity index is 1.48. The van der Waals surface area contributed by atoms with E-state index in [0.29, 0.717) is 5.56 Å². The van der Waals surface area contributed by atoms with Gasteiger partial charge >= 0.3 is 5.97 Å². The monoisotopic (exact) mass is 458 g/mol. The van der Waals surface area contributed by atoms with Crippen molar-refractivity contribution in [3.8, 4) is 34.4 Å². The predicted octanol–water partition coefficient (Wildman–Crippen LogP) is 0.798. The first-order valence-electron chi connectivity index (χ1n) is 9.41. The third-order valence-corrected chi connectivity index (χ3v) is 4.26. The van der Waals surface area contributed by atoms with E-state index in [9.17, 15) is 13.6 Å². The molecule has 170 valence electrons. The fourth-order valence-electron chi connectivity index (χ4n) is 2.80. The second-order valence-electron chi connectivity index (χ2n) is 6.88. The van der Waals surface area contributed by atoms with E-state index in [1.165, 1.54) is 23.1 Å². The molecule has 0 amide bonds. The molecule has 3 N–H and O–H groups in total. The Hall–Kier alpha value is -4.40. The Morgan fingerprint density at radius 3 is 2.61 bits per heavy atom. The van der Waals surface area contributed by atoms with Crippen LogP contribution in [0.25, 0.3) is 22.8 Å². The molecule has 0 aliphatic heterocycles. The summed E-state index contributed by atoms with van der Waals surface area (Å²) in [6.07, 6.45) is 1.02. The van der Waals surface area contributed by atoms with Crippen LogP contribution < -0.4 is 10.5 Å². The van der Waals surface area contributed by atoms with E-state index in [4.69, 9.17) is 15.6 Å². The minimum absolute atomic E-state index is 0.00681. The molecule has 0 unspecified atom stereocenters. The molecule has 4 aromatic rings. The molecule has 1 aromatic carbocycles. The first kappa shape index (κ1) is 21.8. The number of carbonyl (C=O) groups is 1. The quantitative estimate of drug-likeness (QED) is 0.382. The Bertz CT molecular complexity index is 1310. The van der Waals surface area contributed by atoms with Crippen LogP contribution in [0.5, 0.6) is 11.6 Å². The van der Waals surface area contributed by atoms with Gasteiger partial charge in [0, 0.05) is 23.9 Å². The zero-order chi connectivity index (χ0) is 23.5. The molecule has 3 heterocycles. The highest BCUT2D eigenvalue weighted by Gasteiger charge is 2.17. The van der Waals surface area contributed by atoms with Crippen LogP contribution in [0.4, 0.5) is 8.78 Å². The Morgan fingerprint density at radius 1 is 1.15 bits per heavy atom. The van der Waals surface area contributed by atoms with Crippen LogP contribution >= 0.6 is 0 Å². The van der Waals surface area contributed by atoms with Crippen LogP contribution in [0.1, 0.15) is 6.42 Å². The Kier molecular flexibility index (Phi) is 5.95. The molecule has 0 aliphatic carbocycles. The minimum atomic E-state index is -1.06. The number of aromatic nitrogens is 9. The number of hydrogen-bond acceptors (Lipinski definition) is 10. The van der Waals surface area contributed by atoms with Gasteiger partial charge in [-0.2, -0.15) is 9.59 Å². The summed E-state index contributed by atoms with van der Waals surface area (Å²) in [5, 5.41) is 31.7. The lowest BCUT2D eigenvalue weighted by molar-refractivity contribution is -0.137. The standard InChI is InChI=1S/C18H16F2N10O3/c1-29-25-16(23-27-29)9-4-14(20)18(22-7-9)33-11-2-3-12(13(19)6-11)17-24-28-30(26-17)8-10(21)5-15(31)32/h2-4,6-7,10H,5,8,21H2,1H3,(H,31,32)/t10-/m0/s1. The molecular formula is C18H16F2N10O3. The lowest BCUT2D eigenvalue weighted by atomic mass is 10.2. The van der Waals surface area contributed by atoms with E-state index >= 15 is 0 Å². The summed E-state index contributed by atoms with van der Waals surface area (Å²) in [6, 6.07) is 4.13. The second-order valence-corrected chi connectivity index (χ2v) is 6.88. The third kappa shape index (κ3) is 5.09. The van der Waals surface area contributed by atoms with Gasteiger partial charge in [0.05, 0.1) is 25.6 Å². The lowest BCUT2D eigenvalue weighted by Crippen LogP contribution is -2.30. The molecule has 0 fully saturated rings. The molecule has 0 aliphatic rings. The van der Waals surface area contributed by atoms with E-state index in [2.05, 4.69) is 35.8 Å². The smallest absolute Gasteiger partial charge is 0.304 e. The van der Waals surface area contributed by atoms with Crippen molar-refractivity contribution < 1.29 is 23.4 Å². The van der Waals surface area contributed by atoms with Crippen LogP contribution in [-0.4, -0.2) is 62.5 Å². The average molecular weight is 458 g/mol. The number of tetrazole rings is 2. The molecule has 0 saturated heterocycles. The normalized spacial score (nSPS) is 12.0. The largest absolute Gasteiger partial charge is 0.481 e. The molecule has 0 radical (unpaired) electrons. The SMILES string of the molecule is Cn1nnc(-c2cnc(Oc3ccc(-c4nnn(C[C@@H](N)CC(=O)O)n4)c(F)c3)c(F)c2)n1. The van der Waals surface area contributed by atoms with Gasteiger partial charge in [0.15, 0.2) is 5.82 Å². The summed E-state index contributed by atoms with van der Waals surface area (Å²) in [5.41, 5.74) is 6.00. The van der Waals surface area contributed by atoms with Gasteiger partial charge in [-0.1, -0.05) is 0 Å². The second kappa shape index (κ2) is 8.99. The number of carboxylic acid groups (broad SMARTS) is 1. The van der Waals surface area contributed by atoms with Crippen molar-refractivity contribution in [1.82, 2.24) is 45.4 Å². The molecular weight excluding hydrogens is 442 g/mol. The number of aliphatic carboxylic acids is 1. The molecule has 1 atom stereocenters. The van der Waals surface area contributed by atoms with Gasteiger partial charge in [-0.3, -0.25) is 4.79 Å². The first-order valence-corrected chi connectivity index (χ1v) is 9.41. The van der Waals surface area contributed by atoms with Gasteiger partial charge in [-0.25, -0.2) is 13.8 Å². The molecule has 13 nitrogen and oxygen atoms in total. The number of ether oxygens (including phenoxy) is 1. The van der Waals surface area contributed by atoms with Crippen LogP contribution in [0.15, 0.2) is 30.5 Å². The van der Waals surface area contributed by atoms with Gasteiger partial charge in [-0.05, 0) is 28.6 Å². The summed E-state index contributed by atoms with van der Waals surface area (Å²) in [7, 11) is 1.57. The van der Waals surface area contributed by atoms with E-state index in [1.807, 2.05) is 0 Å². The fourth-order valence-corrected chi connectivity index (χ4v) is 2.80. The number of carboxylic acids is 1. The van der Waals surface area contributed by atoms with Crippen LogP contribution in [0, 0.1) is 11.6 Å². The minimum Gasteiger partial charge on any atom is -0.481 e. The van der Waals surface area contributed by atoms with Crippen molar-refractivity contribution in [3.05, 3.63) is 42.1 Å². The summed E-state index contributed by atoms with van der Waals surface area (Å²) in [4.78, 5) is 16.9. The van der Waals surface area contributed by atoms with E-state index in [0.717, 1.165) is 16.9 Å². The van der Waals surface area contributed by atoms with Gasteiger partial charge in [-0.15, -0.1) is 20.4 Å². The van der Waals surface area contributed by atoms with Crippen LogP contribution in [0.3, 0.4) is 0 Å². The van der Waals surface area contributed by atoms with Crippen molar-refractivity contribution in [2.24, 2.45) is 12.8 Å². The highest BCUT2D eigenvalue weighted by molar-refractivity contribution is 5.67. The fraction of sp³-hybridized carbons (Fsp3) is 0.222. The van der Waals surface area contributed by atoms with Crippen LogP contribution in [0.2, 0.25) is 0 Å². The van der Waals surface area contributed by atoms with E-state index in [-0.39, 0.29) is 41.8 Å². The molecule has 33 heavy (non-hydrogen) atoms. The summed E-state index contributed by atoms with van der Waals surface area (Å²) in [6.45, 7) is -0.00681. The predicted molar refractivity (Wildman–Crippen MR) is 106 cm³/mol. The zero-order valence-corrected chi connectivity index (χ0v) is 17.0. The molecule has 3 aromatic heterocycles. The number of rotatable bonds is 8. The number of hydrogen-bond donors (Lipinski definition) is 2. The highest BCUT2D eigenvalue weighted by atomic mass is 19.1. The van der Waals surface area contributed by atoms with Crippen molar-refractivity contribution in [3.63, 3.8) is 0 Å². The number of benzene rings is 1. The number of nitrogens with zero attached hydrogens (tertiary/aromatic N) is 9. The molecule has 15 heteroatoms. The van der Waals surface area contributed by atoms with Crippen LogP contribution in [-0.2, 0) is 18.4 Å². The maximum absolute atomic E-state index is 14.6. The van der Waals surface area contributed by atoms with E-state index < -0.39 is 23.6 Å². The molecule has 0 bridgehead atoms. The third-order valence-electron chi connectivity index (χ3n) is 4.26. The molecule has 0 spiro atoms. The molecule has 4 rings (SSSR count). The van der Waals surface area contributed by atoms with Crippen molar-refractivity contribution >= 4 is 5.97 Å². The summed E-state index contributed by atoms with van der Waals surface area (Å²) < 4.78 is 34.4. The topological polar surface area (TPSA) is 173 Å². The highest BCUT2D eigenvalue weighted by Crippen LogP contribution is 2.28. The lowest BCUT2D eigenvalue weighted by Gasteiger charge is -2.08. The van der Waals surface area contributed by atoms with Gasteiger partial charge in [0.25, 0.3) is 5.88 Å². The van der Waals surface area contributed by atoms with Crippen molar-refractivity contribution in [2.45, 2.75) is 19.0 Å². The van der Waals surface area contributed by atoms with Gasteiger partial charge in [0.2, 0.25) is 11.6 Å². The number of pyridine rings is 1. The zero-order valence-electron chi connectivity index (χ0n) is 17.0. The maximum Gasteiger partial charge on any atom is 0.304 e. The number of nitrogens with two attached hydrogens (primary N) is 1. The number of aryl methyl sites for hydroxylation is 1. The average Bonchev–Trinajstić information content (AvgIpc) is 3.38. The van der Waals surface area contributed by atoms with Gasteiger partial charge < -0.3 is 15.6 Å². The van der Waals surface area contributed by atoms with Crippen molar-refractivity contribution in [2.75, 3.05) is 0 Å². The summed E-state index contributed by atoms with van der Waals surface area (Å²) >= 11 is 0.